The van der Waals surface area contributed by atoms with Crippen molar-refractivity contribution in [2.75, 3.05) is 20.3 Å². The summed E-state index contributed by atoms with van der Waals surface area (Å²) in [5.74, 6) is -0.129. The van der Waals surface area contributed by atoms with E-state index in [1.54, 1.807) is 13.8 Å². The molecule has 0 aliphatic carbocycles. The number of hydrogen-bond donors (Lipinski definition) is 2. The number of carbonyl (C=O) groups excluding carboxylic acids is 1. The highest BCUT2D eigenvalue weighted by molar-refractivity contribution is 5.95. The summed E-state index contributed by atoms with van der Waals surface area (Å²) in [6.45, 7) is 8.72. The van der Waals surface area contributed by atoms with Crippen LogP contribution in [0.25, 0.3) is 0 Å². The maximum absolute atomic E-state index is 13.8. The van der Waals surface area contributed by atoms with Crippen molar-refractivity contribution >= 4 is 5.91 Å². The number of pyridine rings is 1. The average molecular weight is 471 g/mol. The molecule has 1 atom stereocenters. The number of ether oxygens (including phenoxy) is 2. The van der Waals surface area contributed by atoms with Crippen molar-refractivity contribution in [3.05, 3.63) is 52.8 Å². The maximum Gasteiger partial charge on any atom is 0.424 e. The Hall–Kier alpha value is -2.81. The zero-order chi connectivity index (χ0) is 25.2. The van der Waals surface area contributed by atoms with Gasteiger partial charge in [-0.1, -0.05) is 33.8 Å². The number of aliphatic hydroxyl groups is 1. The molecule has 0 radical (unpaired) electrons. The summed E-state index contributed by atoms with van der Waals surface area (Å²) < 4.78 is 52.0. The monoisotopic (exact) mass is 470 g/mol. The summed E-state index contributed by atoms with van der Waals surface area (Å²) >= 11 is 0. The average Bonchev–Trinajstić information content (AvgIpc) is 2.82. The first kappa shape index (κ1) is 28.2. The number of hydrogen-bond acceptors (Lipinski definition) is 5. The Bertz CT molecular complexity index is 919. The van der Waals surface area contributed by atoms with Gasteiger partial charge in [-0.2, -0.15) is 13.2 Å². The number of amides is 1. The van der Waals surface area contributed by atoms with Crippen LogP contribution in [-0.4, -0.2) is 42.4 Å². The van der Waals surface area contributed by atoms with Crippen molar-refractivity contribution in [2.45, 2.75) is 59.2 Å². The molecule has 0 saturated carbocycles. The highest BCUT2D eigenvalue weighted by Gasteiger charge is 2.56. The van der Waals surface area contributed by atoms with Crippen LogP contribution in [-0.2, 0) is 18.4 Å². The minimum Gasteiger partial charge on any atom is -0.493 e. The Morgan fingerprint density at radius 2 is 1.73 bits per heavy atom. The molecule has 0 aliphatic heterocycles. The van der Waals surface area contributed by atoms with Crippen molar-refractivity contribution in [3.8, 4) is 11.5 Å². The second-order valence-electron chi connectivity index (χ2n) is 6.85. The maximum atomic E-state index is 13.8. The predicted molar refractivity (Wildman–Crippen MR) is 121 cm³/mol. The van der Waals surface area contributed by atoms with Crippen molar-refractivity contribution in [2.24, 2.45) is 0 Å². The SMILES string of the molecule is CC.CCOc1ccc(C(=O)NCC(O)(c2ccc(CC)c(CC)n2)C(F)(F)F)cc1OC. The van der Waals surface area contributed by atoms with Crippen LogP contribution in [0.1, 0.15) is 61.9 Å². The molecule has 184 valence electrons. The van der Waals surface area contributed by atoms with Gasteiger partial charge in [-0.05, 0) is 49.6 Å². The normalized spacial score (nSPS) is 12.8. The van der Waals surface area contributed by atoms with Crippen LogP contribution in [0.5, 0.6) is 11.5 Å². The topological polar surface area (TPSA) is 80.7 Å². The standard InChI is InChI=1S/C22H27F3N2O4.C2H6/c1-5-14-9-11-19(27-16(14)6-2)21(29,22(23,24)25)13-26-20(28)15-8-10-17(31-7-3)18(12-15)30-4;1-2/h8-12,29H,5-7,13H2,1-4H3,(H,26,28);1-2H3. The Balaban J connectivity index is 0.00000265. The molecule has 33 heavy (non-hydrogen) atoms. The van der Waals surface area contributed by atoms with Gasteiger partial charge >= 0.3 is 6.18 Å². The van der Waals surface area contributed by atoms with E-state index in [0.29, 0.717) is 30.9 Å². The molecule has 9 heteroatoms. The quantitative estimate of drug-likeness (QED) is 0.549. The van der Waals surface area contributed by atoms with E-state index in [0.717, 1.165) is 11.6 Å². The van der Waals surface area contributed by atoms with Gasteiger partial charge in [0.05, 0.1) is 26.0 Å². The summed E-state index contributed by atoms with van der Waals surface area (Å²) in [5, 5.41) is 12.7. The fourth-order valence-corrected chi connectivity index (χ4v) is 3.12. The number of nitrogens with one attached hydrogen (secondary N) is 1. The van der Waals surface area contributed by atoms with Gasteiger partial charge in [0, 0.05) is 11.3 Å². The number of rotatable bonds is 9. The van der Waals surface area contributed by atoms with E-state index >= 15 is 0 Å². The summed E-state index contributed by atoms with van der Waals surface area (Å²) in [6.07, 6.45) is -4.02. The summed E-state index contributed by atoms with van der Waals surface area (Å²) in [6, 6.07) is 6.93. The van der Waals surface area contributed by atoms with Gasteiger partial charge in [0.2, 0.25) is 5.60 Å². The van der Waals surface area contributed by atoms with E-state index in [1.807, 2.05) is 20.8 Å². The van der Waals surface area contributed by atoms with Crippen LogP contribution >= 0.6 is 0 Å². The molecule has 6 nitrogen and oxygen atoms in total. The first-order valence-corrected chi connectivity index (χ1v) is 11.0. The molecule has 0 fully saturated rings. The molecule has 2 aromatic rings. The van der Waals surface area contributed by atoms with Gasteiger partial charge in [0.25, 0.3) is 5.91 Å². The molecule has 0 spiro atoms. The minimum atomic E-state index is -5.05. The third-order valence-corrected chi connectivity index (χ3v) is 4.91. The number of alkyl halides is 3. The van der Waals surface area contributed by atoms with Crippen LogP contribution in [0.2, 0.25) is 0 Å². The number of aryl methyl sites for hydroxylation is 2. The zero-order valence-electron chi connectivity index (χ0n) is 20.0. The molecular formula is C24H33F3N2O4. The van der Waals surface area contributed by atoms with Crippen LogP contribution in [0.15, 0.2) is 30.3 Å². The smallest absolute Gasteiger partial charge is 0.424 e. The summed E-state index contributed by atoms with van der Waals surface area (Å²) in [4.78, 5) is 16.6. The zero-order valence-corrected chi connectivity index (χ0v) is 20.0. The third-order valence-electron chi connectivity index (χ3n) is 4.91. The Morgan fingerprint density at radius 1 is 1.06 bits per heavy atom. The first-order valence-electron chi connectivity index (χ1n) is 11.0. The van der Waals surface area contributed by atoms with Gasteiger partial charge in [-0.3, -0.25) is 9.78 Å². The molecule has 1 unspecified atom stereocenters. The fraction of sp³-hybridized carbons (Fsp3) is 0.500. The van der Waals surface area contributed by atoms with Gasteiger partial charge in [0.1, 0.15) is 0 Å². The Morgan fingerprint density at radius 3 is 2.24 bits per heavy atom. The molecule has 2 rings (SSSR count). The molecule has 0 aliphatic rings. The van der Waals surface area contributed by atoms with E-state index in [-0.39, 0.29) is 11.3 Å². The van der Waals surface area contributed by atoms with Crippen molar-refractivity contribution in [3.63, 3.8) is 0 Å². The van der Waals surface area contributed by atoms with E-state index in [1.165, 1.54) is 31.4 Å². The van der Waals surface area contributed by atoms with Gasteiger partial charge < -0.3 is 19.9 Å². The van der Waals surface area contributed by atoms with E-state index < -0.39 is 29.9 Å². The minimum absolute atomic E-state index is 0.0633. The highest BCUT2D eigenvalue weighted by Crippen LogP contribution is 2.38. The highest BCUT2D eigenvalue weighted by atomic mass is 19.4. The molecule has 1 aromatic heterocycles. The molecule has 1 heterocycles. The Kier molecular flexibility index (Phi) is 10.6. The lowest BCUT2D eigenvalue weighted by atomic mass is 9.95. The number of carbonyl (C=O) groups is 1. The lowest BCUT2D eigenvalue weighted by Gasteiger charge is -2.30. The number of halogens is 3. The van der Waals surface area contributed by atoms with Crippen molar-refractivity contribution in [1.29, 1.82) is 0 Å². The molecule has 0 bridgehead atoms. The number of aromatic nitrogens is 1. The molecule has 1 aromatic carbocycles. The van der Waals surface area contributed by atoms with E-state index in [9.17, 15) is 23.1 Å². The third kappa shape index (κ3) is 6.60. The van der Waals surface area contributed by atoms with Gasteiger partial charge in [-0.15, -0.1) is 0 Å². The number of methoxy groups -OCH3 is 1. The summed E-state index contributed by atoms with van der Waals surface area (Å²) in [5.41, 5.74) is -2.55. The second-order valence-corrected chi connectivity index (χ2v) is 6.85. The molecular weight excluding hydrogens is 437 g/mol. The van der Waals surface area contributed by atoms with Gasteiger partial charge in [0.15, 0.2) is 11.5 Å². The second kappa shape index (κ2) is 12.4. The van der Waals surface area contributed by atoms with Crippen LogP contribution in [0.4, 0.5) is 13.2 Å². The predicted octanol–water partition coefficient (Wildman–Crippen LogP) is 4.82. The largest absolute Gasteiger partial charge is 0.493 e. The molecule has 2 N–H and O–H groups in total. The number of benzene rings is 1. The lowest BCUT2D eigenvalue weighted by Crippen LogP contribution is -2.51. The first-order chi connectivity index (χ1) is 15.6. The van der Waals surface area contributed by atoms with Crippen molar-refractivity contribution < 1.29 is 32.5 Å². The van der Waals surface area contributed by atoms with E-state index in [4.69, 9.17) is 9.47 Å². The fourth-order valence-electron chi connectivity index (χ4n) is 3.12. The Labute approximate surface area is 193 Å². The summed E-state index contributed by atoms with van der Waals surface area (Å²) in [7, 11) is 1.39. The number of nitrogens with zero attached hydrogens (tertiary/aromatic N) is 1. The van der Waals surface area contributed by atoms with Crippen molar-refractivity contribution in [1.82, 2.24) is 10.3 Å². The van der Waals surface area contributed by atoms with Crippen LogP contribution in [0, 0.1) is 0 Å². The lowest BCUT2D eigenvalue weighted by molar-refractivity contribution is -0.265. The van der Waals surface area contributed by atoms with E-state index in [2.05, 4.69) is 10.3 Å². The van der Waals surface area contributed by atoms with Gasteiger partial charge in [-0.25, -0.2) is 0 Å². The van der Waals surface area contributed by atoms with Crippen LogP contribution in [0.3, 0.4) is 0 Å². The molecule has 1 amide bonds. The molecule has 0 saturated heterocycles. The van der Waals surface area contributed by atoms with Crippen LogP contribution < -0.4 is 14.8 Å².